The first-order valence-electron chi connectivity index (χ1n) is 8.50. The highest BCUT2D eigenvalue weighted by atomic mass is 127. The summed E-state index contributed by atoms with van der Waals surface area (Å²) >= 11 is 2.43. The largest absolute Gasteiger partial charge is 0.388 e. The third kappa shape index (κ3) is 3.34. The van der Waals surface area contributed by atoms with Gasteiger partial charge < -0.3 is 20.3 Å². The van der Waals surface area contributed by atoms with E-state index >= 15 is 0 Å². The molecule has 3 rings (SSSR count). The van der Waals surface area contributed by atoms with E-state index in [0.717, 1.165) is 12.8 Å². The van der Waals surface area contributed by atoms with Crippen LogP contribution >= 0.6 is 22.6 Å². The maximum atomic E-state index is 10.5. The fourth-order valence-electron chi connectivity index (χ4n) is 3.25. The van der Waals surface area contributed by atoms with Gasteiger partial charge in [0.1, 0.15) is 24.1 Å². The first kappa shape index (κ1) is 18.7. The number of hydrogen-bond acceptors (Lipinski definition) is 7. The van der Waals surface area contributed by atoms with Crippen molar-refractivity contribution in [2.24, 2.45) is 0 Å². The van der Waals surface area contributed by atoms with E-state index in [1.165, 1.54) is 6.33 Å². The van der Waals surface area contributed by atoms with Crippen LogP contribution in [-0.2, 0) is 4.74 Å². The lowest BCUT2D eigenvalue weighted by atomic mass is 9.93. The molecular formula is C16H24IN5O3. The molecule has 1 saturated heterocycles. The van der Waals surface area contributed by atoms with Crippen LogP contribution in [0.15, 0.2) is 12.7 Å². The minimum absolute atomic E-state index is 0.0382. The van der Waals surface area contributed by atoms with E-state index in [1.54, 1.807) is 17.9 Å². The van der Waals surface area contributed by atoms with Gasteiger partial charge in [-0.1, -0.05) is 36.4 Å². The maximum Gasteiger partial charge on any atom is 0.167 e. The smallest absolute Gasteiger partial charge is 0.167 e. The summed E-state index contributed by atoms with van der Waals surface area (Å²) in [6, 6.07) is 0. The zero-order valence-corrected chi connectivity index (χ0v) is 16.7. The lowest BCUT2D eigenvalue weighted by molar-refractivity contribution is -0.0393. The summed E-state index contributed by atoms with van der Waals surface area (Å²) in [5.41, 5.74) is 1.16. The normalized spacial score (nSPS) is 27.1. The Balaban J connectivity index is 1.89. The molecule has 4 atom stereocenters. The molecule has 0 amide bonds. The molecule has 138 valence electrons. The second-order valence-corrected chi connectivity index (χ2v) is 8.69. The molecule has 2 aromatic heterocycles. The molecule has 1 fully saturated rings. The lowest BCUT2D eigenvalue weighted by Gasteiger charge is -2.28. The Morgan fingerprint density at radius 3 is 2.60 bits per heavy atom. The summed E-state index contributed by atoms with van der Waals surface area (Å²) in [5, 5.41) is 24.0. The molecule has 9 heteroatoms. The van der Waals surface area contributed by atoms with Gasteiger partial charge in [0.15, 0.2) is 17.7 Å². The summed E-state index contributed by atoms with van der Waals surface area (Å²) in [5.74, 6) is 0.608. The first-order chi connectivity index (χ1) is 11.9. The Morgan fingerprint density at radius 2 is 1.96 bits per heavy atom. The molecule has 0 aromatic carbocycles. The number of aliphatic hydroxyl groups excluding tert-OH is 2. The number of rotatable bonds is 6. The second-order valence-electron chi connectivity index (χ2n) is 6.40. The molecule has 3 N–H and O–H groups in total. The van der Waals surface area contributed by atoms with Crippen LogP contribution in [0, 0.1) is 0 Å². The van der Waals surface area contributed by atoms with E-state index in [9.17, 15) is 10.2 Å². The van der Waals surface area contributed by atoms with Gasteiger partial charge >= 0.3 is 0 Å². The second kappa shape index (κ2) is 7.29. The van der Waals surface area contributed by atoms with Crippen LogP contribution in [0.4, 0.5) is 5.82 Å². The molecule has 0 radical (unpaired) electrons. The predicted molar refractivity (Wildman–Crippen MR) is 103 cm³/mol. The van der Waals surface area contributed by atoms with Gasteiger partial charge in [0.05, 0.1) is 12.4 Å². The summed E-state index contributed by atoms with van der Waals surface area (Å²) in [7, 11) is 1.76. The number of imidazole rings is 1. The molecule has 3 heterocycles. The molecule has 1 aliphatic heterocycles. The standard InChI is InChI=1S/C16H24IN5O3/c1-4-16(17,5-2)6-9-11(23)12(24)15(25-9)22-8-21-10-13(18-3)19-7-20-14(10)22/h7-9,11-12,15,23-24H,4-6H2,1-3H3,(H,18,19,20)/t9-,11-,12-,15?/m1/s1. The summed E-state index contributed by atoms with van der Waals surface area (Å²) in [4.78, 5) is 12.7. The van der Waals surface area contributed by atoms with E-state index in [1.807, 2.05) is 0 Å². The van der Waals surface area contributed by atoms with Crippen LogP contribution in [0.5, 0.6) is 0 Å². The Bertz CT molecular complexity index is 736. The number of hydrogen-bond donors (Lipinski definition) is 3. The van der Waals surface area contributed by atoms with Crippen molar-refractivity contribution in [1.29, 1.82) is 0 Å². The quantitative estimate of drug-likeness (QED) is 0.446. The maximum absolute atomic E-state index is 10.5. The SMILES string of the molecule is CCC(I)(CC)C[C@H]1OC(n2cnc3c(NC)ncnc32)[C@H](O)[C@@H]1O. The van der Waals surface area contributed by atoms with Gasteiger partial charge in [0.25, 0.3) is 0 Å². The van der Waals surface area contributed by atoms with Crippen LogP contribution < -0.4 is 5.32 Å². The molecular weight excluding hydrogens is 437 g/mol. The number of halogens is 1. The Morgan fingerprint density at radius 1 is 1.24 bits per heavy atom. The minimum Gasteiger partial charge on any atom is -0.388 e. The third-order valence-electron chi connectivity index (χ3n) is 5.04. The number of nitrogens with one attached hydrogen (secondary N) is 1. The first-order valence-corrected chi connectivity index (χ1v) is 9.57. The topological polar surface area (TPSA) is 105 Å². The molecule has 0 spiro atoms. The molecule has 0 saturated carbocycles. The Labute approximate surface area is 160 Å². The lowest BCUT2D eigenvalue weighted by Crippen LogP contribution is -2.35. The molecule has 1 unspecified atom stereocenters. The monoisotopic (exact) mass is 461 g/mol. The van der Waals surface area contributed by atoms with E-state index in [-0.39, 0.29) is 3.42 Å². The van der Waals surface area contributed by atoms with Crippen molar-refractivity contribution in [3.63, 3.8) is 0 Å². The third-order valence-corrected chi connectivity index (χ3v) is 7.01. The fourth-order valence-corrected chi connectivity index (χ4v) is 3.68. The number of aromatic nitrogens is 4. The van der Waals surface area contributed by atoms with E-state index in [4.69, 9.17) is 4.74 Å². The van der Waals surface area contributed by atoms with Gasteiger partial charge in [-0.05, 0) is 19.3 Å². The zero-order valence-electron chi connectivity index (χ0n) is 14.6. The van der Waals surface area contributed by atoms with Crippen molar-refractivity contribution in [2.75, 3.05) is 12.4 Å². The molecule has 2 aromatic rings. The van der Waals surface area contributed by atoms with Crippen LogP contribution in [0.2, 0.25) is 0 Å². The number of aliphatic hydroxyl groups is 2. The highest BCUT2D eigenvalue weighted by Gasteiger charge is 2.46. The van der Waals surface area contributed by atoms with Crippen molar-refractivity contribution in [3.05, 3.63) is 12.7 Å². The Hall–Kier alpha value is -1.04. The average Bonchev–Trinajstić information content (AvgIpc) is 3.17. The van der Waals surface area contributed by atoms with Gasteiger partial charge in [-0.2, -0.15) is 0 Å². The molecule has 8 nitrogen and oxygen atoms in total. The number of ether oxygens (including phenoxy) is 1. The minimum atomic E-state index is -1.04. The van der Waals surface area contributed by atoms with Crippen molar-refractivity contribution in [2.45, 2.75) is 61.1 Å². The summed E-state index contributed by atoms with van der Waals surface area (Å²) in [6.07, 6.45) is 2.50. The predicted octanol–water partition coefficient (Wildman–Crippen LogP) is 1.87. The molecule has 1 aliphatic rings. The summed E-state index contributed by atoms with van der Waals surface area (Å²) in [6.45, 7) is 4.26. The average molecular weight is 461 g/mol. The highest BCUT2D eigenvalue weighted by molar-refractivity contribution is 14.1. The number of nitrogens with zero attached hydrogens (tertiary/aromatic N) is 4. The van der Waals surface area contributed by atoms with Gasteiger partial charge in [-0.15, -0.1) is 0 Å². The van der Waals surface area contributed by atoms with E-state index in [2.05, 4.69) is 56.7 Å². The Kier molecular flexibility index (Phi) is 5.47. The van der Waals surface area contributed by atoms with Crippen molar-refractivity contribution < 1.29 is 14.9 Å². The van der Waals surface area contributed by atoms with E-state index in [0.29, 0.717) is 23.4 Å². The van der Waals surface area contributed by atoms with Crippen molar-refractivity contribution in [1.82, 2.24) is 19.5 Å². The molecule has 25 heavy (non-hydrogen) atoms. The van der Waals surface area contributed by atoms with Crippen molar-refractivity contribution in [3.8, 4) is 0 Å². The van der Waals surface area contributed by atoms with E-state index < -0.39 is 24.5 Å². The van der Waals surface area contributed by atoms with Crippen LogP contribution in [0.25, 0.3) is 11.2 Å². The molecule has 0 aliphatic carbocycles. The molecule has 0 bridgehead atoms. The highest BCUT2D eigenvalue weighted by Crippen LogP contribution is 2.40. The van der Waals surface area contributed by atoms with Crippen LogP contribution in [-0.4, -0.2) is 58.5 Å². The van der Waals surface area contributed by atoms with Gasteiger partial charge in [0.2, 0.25) is 0 Å². The number of anilines is 1. The fraction of sp³-hybridized carbons (Fsp3) is 0.688. The van der Waals surface area contributed by atoms with Crippen LogP contribution in [0.1, 0.15) is 39.3 Å². The van der Waals surface area contributed by atoms with Crippen molar-refractivity contribution >= 4 is 39.6 Å². The van der Waals surface area contributed by atoms with Gasteiger partial charge in [-0.3, -0.25) is 4.57 Å². The number of alkyl halides is 1. The number of fused-ring (bicyclic) bond motifs is 1. The van der Waals surface area contributed by atoms with Crippen LogP contribution in [0.3, 0.4) is 0 Å². The summed E-state index contributed by atoms with van der Waals surface area (Å²) < 4.78 is 7.75. The van der Waals surface area contributed by atoms with Gasteiger partial charge in [-0.25, -0.2) is 15.0 Å². The van der Waals surface area contributed by atoms with Gasteiger partial charge in [0, 0.05) is 10.5 Å². The zero-order chi connectivity index (χ0) is 18.2.